The molecule has 2 atom stereocenters. The van der Waals surface area contributed by atoms with E-state index in [4.69, 9.17) is 0 Å². The fraction of sp³-hybridized carbons (Fsp3) is 0.727. The Bertz CT molecular complexity index is 257. The maximum atomic E-state index is 4.16. The van der Waals surface area contributed by atoms with Crippen molar-refractivity contribution in [2.24, 2.45) is 0 Å². The highest BCUT2D eigenvalue weighted by atomic mass is 15.3. The molecule has 1 heterocycles. The lowest BCUT2D eigenvalue weighted by Crippen LogP contribution is -2.07. The van der Waals surface area contributed by atoms with Crippen LogP contribution in [0.25, 0.3) is 0 Å². The van der Waals surface area contributed by atoms with Crippen LogP contribution >= 0.6 is 0 Å². The van der Waals surface area contributed by atoms with E-state index < -0.39 is 0 Å². The minimum atomic E-state index is 0.481. The summed E-state index contributed by atoms with van der Waals surface area (Å²) in [5, 5.41) is 11.8. The van der Waals surface area contributed by atoms with Gasteiger partial charge in [0.15, 0.2) is 0 Å². The molecule has 0 aromatic carbocycles. The fourth-order valence-corrected chi connectivity index (χ4v) is 1.46. The zero-order valence-corrected chi connectivity index (χ0v) is 9.49. The molecule has 0 aliphatic carbocycles. The van der Waals surface area contributed by atoms with Crippen molar-refractivity contribution >= 4 is 0 Å². The lowest BCUT2D eigenvalue weighted by molar-refractivity contribution is 0.622. The Morgan fingerprint density at radius 3 is 2.36 bits per heavy atom. The maximum absolute atomic E-state index is 4.16. The summed E-state index contributed by atoms with van der Waals surface area (Å²) in [5.74, 6) is 1.01. The van der Waals surface area contributed by atoms with Crippen LogP contribution in [0, 0.1) is 0 Å². The molecule has 0 N–H and O–H groups in total. The molecular weight excluding hydrogens is 174 g/mol. The fourth-order valence-electron chi connectivity index (χ4n) is 1.46. The quantitative estimate of drug-likeness (QED) is 0.738. The second-order valence-electron chi connectivity index (χ2n) is 3.89. The average Bonchev–Trinajstić information content (AvgIpc) is 2.27. The minimum absolute atomic E-state index is 0.481. The molecule has 0 saturated carbocycles. The second-order valence-corrected chi connectivity index (χ2v) is 3.89. The maximum Gasteiger partial charge on any atom is 0.0727 e. The van der Waals surface area contributed by atoms with E-state index in [9.17, 15) is 0 Å². The Hall–Kier alpha value is -0.990. The van der Waals surface area contributed by atoms with Crippen LogP contribution in [-0.4, -0.2) is 15.4 Å². The van der Waals surface area contributed by atoms with E-state index in [1.165, 1.54) is 5.56 Å². The van der Waals surface area contributed by atoms with E-state index in [1.54, 1.807) is 0 Å². The van der Waals surface area contributed by atoms with Crippen molar-refractivity contribution < 1.29 is 0 Å². The van der Waals surface area contributed by atoms with Crippen LogP contribution in [0.3, 0.4) is 0 Å². The number of hydrogen-bond acceptors (Lipinski definition) is 3. The highest BCUT2D eigenvalue weighted by molar-refractivity contribution is 5.22. The predicted octanol–water partition coefficient (Wildman–Crippen LogP) is 2.90. The van der Waals surface area contributed by atoms with Crippen LogP contribution in [0.1, 0.15) is 63.6 Å². The standard InChI is InChI=1S/C11H19N3/c1-5-8(3)10-7-12-14-13-11(10)9(4)6-2/h7-9H,5-6H2,1-4H3. The van der Waals surface area contributed by atoms with Crippen molar-refractivity contribution in [1.82, 2.24) is 15.4 Å². The Morgan fingerprint density at radius 1 is 1.14 bits per heavy atom. The molecule has 3 heteroatoms. The molecule has 78 valence electrons. The molecule has 0 aliphatic rings. The normalized spacial score (nSPS) is 15.1. The van der Waals surface area contributed by atoms with Crippen LogP contribution in [0.2, 0.25) is 0 Å². The SMILES string of the molecule is CCC(C)c1cnnnc1C(C)CC. The van der Waals surface area contributed by atoms with Crippen molar-refractivity contribution in [3.63, 3.8) is 0 Å². The molecule has 0 aliphatic heterocycles. The highest BCUT2D eigenvalue weighted by Crippen LogP contribution is 2.26. The summed E-state index contributed by atoms with van der Waals surface area (Å²) < 4.78 is 0. The van der Waals surface area contributed by atoms with Gasteiger partial charge in [-0.05, 0) is 29.5 Å². The molecule has 0 saturated heterocycles. The van der Waals surface area contributed by atoms with Crippen molar-refractivity contribution in [1.29, 1.82) is 0 Å². The minimum Gasteiger partial charge on any atom is -0.138 e. The molecule has 0 bridgehead atoms. The molecule has 0 radical (unpaired) electrons. The summed E-state index contributed by atoms with van der Waals surface area (Å²) >= 11 is 0. The first-order chi connectivity index (χ1) is 6.70. The van der Waals surface area contributed by atoms with Crippen LogP contribution in [0.4, 0.5) is 0 Å². The van der Waals surface area contributed by atoms with Gasteiger partial charge < -0.3 is 0 Å². The highest BCUT2D eigenvalue weighted by Gasteiger charge is 2.15. The van der Waals surface area contributed by atoms with Crippen LogP contribution in [0.5, 0.6) is 0 Å². The number of aromatic nitrogens is 3. The predicted molar refractivity (Wildman–Crippen MR) is 57.2 cm³/mol. The molecule has 1 aromatic rings. The number of nitrogens with zero attached hydrogens (tertiary/aromatic N) is 3. The van der Waals surface area contributed by atoms with Crippen molar-refractivity contribution in [2.45, 2.75) is 52.4 Å². The van der Waals surface area contributed by atoms with Crippen molar-refractivity contribution in [2.75, 3.05) is 0 Å². The molecule has 2 unspecified atom stereocenters. The first-order valence-electron chi connectivity index (χ1n) is 5.38. The van der Waals surface area contributed by atoms with Crippen molar-refractivity contribution in [3.8, 4) is 0 Å². The van der Waals surface area contributed by atoms with Gasteiger partial charge in [0.25, 0.3) is 0 Å². The van der Waals surface area contributed by atoms with Crippen LogP contribution in [-0.2, 0) is 0 Å². The Labute approximate surface area is 85.9 Å². The molecule has 3 nitrogen and oxygen atoms in total. The second kappa shape index (κ2) is 5.03. The van der Waals surface area contributed by atoms with E-state index in [0.717, 1.165) is 18.5 Å². The third-order valence-electron chi connectivity index (χ3n) is 2.92. The number of hydrogen-bond donors (Lipinski definition) is 0. The Balaban J connectivity index is 3.02. The van der Waals surface area contributed by atoms with E-state index in [2.05, 4.69) is 43.1 Å². The van der Waals surface area contributed by atoms with Gasteiger partial charge in [-0.25, -0.2) is 0 Å². The zero-order chi connectivity index (χ0) is 10.6. The average molecular weight is 193 g/mol. The van der Waals surface area contributed by atoms with Gasteiger partial charge in [0.2, 0.25) is 0 Å². The third-order valence-corrected chi connectivity index (χ3v) is 2.92. The van der Waals surface area contributed by atoms with Crippen molar-refractivity contribution in [3.05, 3.63) is 17.5 Å². The van der Waals surface area contributed by atoms with Gasteiger partial charge in [-0.15, -0.1) is 10.2 Å². The largest absolute Gasteiger partial charge is 0.138 e. The molecular formula is C11H19N3. The van der Waals surface area contributed by atoms with Crippen LogP contribution in [0.15, 0.2) is 6.20 Å². The van der Waals surface area contributed by atoms with E-state index in [-0.39, 0.29) is 0 Å². The first kappa shape index (κ1) is 11.1. The molecule has 0 fully saturated rings. The lowest BCUT2D eigenvalue weighted by Gasteiger charge is -2.15. The molecule has 0 amide bonds. The molecule has 0 spiro atoms. The summed E-state index contributed by atoms with van der Waals surface area (Å²) in [6.45, 7) is 8.76. The van der Waals surface area contributed by atoms with Gasteiger partial charge in [-0.3, -0.25) is 0 Å². The van der Waals surface area contributed by atoms with Gasteiger partial charge in [0.05, 0.1) is 11.9 Å². The lowest BCUT2D eigenvalue weighted by atomic mass is 9.92. The smallest absolute Gasteiger partial charge is 0.0727 e. The Kier molecular flexibility index (Phi) is 3.98. The van der Waals surface area contributed by atoms with E-state index in [0.29, 0.717) is 11.8 Å². The summed E-state index contributed by atoms with van der Waals surface area (Å²) in [6, 6.07) is 0. The van der Waals surface area contributed by atoms with Gasteiger partial charge in [0.1, 0.15) is 0 Å². The first-order valence-corrected chi connectivity index (χ1v) is 5.38. The number of rotatable bonds is 4. The van der Waals surface area contributed by atoms with E-state index in [1.807, 2.05) is 6.20 Å². The van der Waals surface area contributed by atoms with Gasteiger partial charge in [0, 0.05) is 5.92 Å². The molecule has 1 aromatic heterocycles. The monoisotopic (exact) mass is 193 g/mol. The van der Waals surface area contributed by atoms with Gasteiger partial charge in [-0.1, -0.05) is 27.7 Å². The molecule has 14 heavy (non-hydrogen) atoms. The third kappa shape index (κ3) is 2.28. The Morgan fingerprint density at radius 2 is 1.79 bits per heavy atom. The summed E-state index contributed by atoms with van der Waals surface area (Å²) in [7, 11) is 0. The van der Waals surface area contributed by atoms with E-state index >= 15 is 0 Å². The topological polar surface area (TPSA) is 38.7 Å². The zero-order valence-electron chi connectivity index (χ0n) is 9.49. The molecule has 1 rings (SSSR count). The van der Waals surface area contributed by atoms with Crippen LogP contribution < -0.4 is 0 Å². The van der Waals surface area contributed by atoms with Gasteiger partial charge >= 0.3 is 0 Å². The summed E-state index contributed by atoms with van der Waals surface area (Å²) in [6.07, 6.45) is 4.08. The summed E-state index contributed by atoms with van der Waals surface area (Å²) in [5.41, 5.74) is 2.38. The van der Waals surface area contributed by atoms with Gasteiger partial charge in [-0.2, -0.15) is 0 Å². The summed E-state index contributed by atoms with van der Waals surface area (Å²) in [4.78, 5) is 0.